The van der Waals surface area contributed by atoms with Crippen LogP contribution in [0.25, 0.3) is 10.9 Å². The summed E-state index contributed by atoms with van der Waals surface area (Å²) in [6, 6.07) is 15.4. The smallest absolute Gasteiger partial charge is 0.319 e. The molecular formula is C26H30N4O2. The molecule has 0 saturated carbocycles. The highest BCUT2D eigenvalue weighted by Crippen LogP contribution is 2.24. The topological polar surface area (TPSA) is 74.3 Å². The average molecular weight is 431 g/mol. The minimum Gasteiger partial charge on any atom is -0.338 e. The van der Waals surface area contributed by atoms with Gasteiger partial charge < -0.3 is 15.5 Å². The number of nitrogens with zero attached hydrogens (tertiary/aromatic N) is 2. The van der Waals surface area contributed by atoms with E-state index < -0.39 is 0 Å². The van der Waals surface area contributed by atoms with Gasteiger partial charge >= 0.3 is 6.03 Å². The molecule has 1 unspecified atom stereocenters. The van der Waals surface area contributed by atoms with Gasteiger partial charge in [0.1, 0.15) is 0 Å². The van der Waals surface area contributed by atoms with Crippen molar-refractivity contribution in [1.82, 2.24) is 15.2 Å². The molecule has 1 aliphatic heterocycles. The zero-order valence-electron chi connectivity index (χ0n) is 18.9. The van der Waals surface area contributed by atoms with E-state index in [1.165, 1.54) is 0 Å². The highest BCUT2D eigenvalue weighted by atomic mass is 16.2. The number of hydrogen-bond acceptors (Lipinski definition) is 3. The number of aromatic nitrogens is 1. The van der Waals surface area contributed by atoms with Gasteiger partial charge in [-0.15, -0.1) is 0 Å². The minimum absolute atomic E-state index is 0.0416. The third-order valence-electron chi connectivity index (χ3n) is 5.99. The summed E-state index contributed by atoms with van der Waals surface area (Å²) in [6.07, 6.45) is 1.92. The normalized spacial score (nSPS) is 16.1. The number of amides is 3. The fourth-order valence-corrected chi connectivity index (χ4v) is 4.28. The number of rotatable bonds is 4. The largest absolute Gasteiger partial charge is 0.338 e. The molecule has 0 spiro atoms. The first-order chi connectivity index (χ1) is 15.4. The van der Waals surface area contributed by atoms with Crippen LogP contribution in [-0.2, 0) is 0 Å². The third-order valence-corrected chi connectivity index (χ3v) is 5.99. The lowest BCUT2D eigenvalue weighted by molar-refractivity contribution is 0.0677. The predicted molar refractivity (Wildman–Crippen MR) is 128 cm³/mol. The molecule has 3 aromatic rings. The number of anilines is 1. The maximum Gasteiger partial charge on any atom is 0.319 e. The lowest BCUT2D eigenvalue weighted by Crippen LogP contribution is -2.44. The number of urea groups is 1. The number of benzene rings is 2. The van der Waals surface area contributed by atoms with Crippen LogP contribution in [-0.4, -0.2) is 41.5 Å². The van der Waals surface area contributed by atoms with Gasteiger partial charge in [-0.3, -0.25) is 9.78 Å². The molecule has 1 aliphatic rings. The molecule has 3 amide bonds. The van der Waals surface area contributed by atoms with E-state index in [0.717, 1.165) is 52.8 Å². The summed E-state index contributed by atoms with van der Waals surface area (Å²) in [5.41, 5.74) is 5.42. The Balaban J connectivity index is 1.40. The second-order valence-electron chi connectivity index (χ2n) is 8.79. The molecule has 0 aliphatic carbocycles. The molecule has 2 heterocycles. The molecule has 166 valence electrons. The SMILES string of the molecule is Cc1ccc(NC(=O)NCC2CCCN(C(=O)c3cc(C)nc4ccc(C)cc34)C2)cc1. The minimum atomic E-state index is -0.219. The van der Waals surface area contributed by atoms with Crippen molar-refractivity contribution in [3.05, 3.63) is 70.9 Å². The number of likely N-dealkylation sites (tertiary alicyclic amines) is 1. The van der Waals surface area contributed by atoms with Crippen LogP contribution in [0.15, 0.2) is 48.5 Å². The van der Waals surface area contributed by atoms with Crippen LogP contribution < -0.4 is 10.6 Å². The second-order valence-corrected chi connectivity index (χ2v) is 8.79. The lowest BCUT2D eigenvalue weighted by Gasteiger charge is -2.33. The van der Waals surface area contributed by atoms with Gasteiger partial charge in [0.2, 0.25) is 0 Å². The standard InChI is InChI=1S/C26H30N4O2/c1-17-6-9-21(10-7-17)29-26(32)27-15-20-5-4-12-30(16-20)25(31)23-14-19(3)28-24-11-8-18(2)13-22(23)24/h6-11,13-14,20H,4-5,12,15-16H2,1-3H3,(H2,27,29,32). The Morgan fingerprint density at radius 1 is 1.03 bits per heavy atom. The van der Waals surface area contributed by atoms with E-state index in [4.69, 9.17) is 0 Å². The van der Waals surface area contributed by atoms with Crippen molar-refractivity contribution in [1.29, 1.82) is 0 Å². The Morgan fingerprint density at radius 3 is 2.56 bits per heavy atom. The van der Waals surface area contributed by atoms with E-state index in [1.807, 2.05) is 74.2 Å². The van der Waals surface area contributed by atoms with E-state index in [2.05, 4.69) is 15.6 Å². The fourth-order valence-electron chi connectivity index (χ4n) is 4.28. The molecule has 6 heteroatoms. The van der Waals surface area contributed by atoms with Crippen molar-refractivity contribution >= 4 is 28.5 Å². The molecule has 6 nitrogen and oxygen atoms in total. The highest BCUT2D eigenvalue weighted by molar-refractivity contribution is 6.06. The third kappa shape index (κ3) is 5.07. The summed E-state index contributed by atoms with van der Waals surface area (Å²) in [7, 11) is 0. The van der Waals surface area contributed by atoms with Gasteiger partial charge in [0.15, 0.2) is 0 Å². The van der Waals surface area contributed by atoms with Gasteiger partial charge in [-0.1, -0.05) is 29.3 Å². The molecular weight excluding hydrogens is 400 g/mol. The monoisotopic (exact) mass is 430 g/mol. The second kappa shape index (κ2) is 9.39. The van der Waals surface area contributed by atoms with Gasteiger partial charge in [0.05, 0.1) is 11.1 Å². The Morgan fingerprint density at radius 2 is 1.78 bits per heavy atom. The fraction of sp³-hybridized carbons (Fsp3) is 0.346. The van der Waals surface area contributed by atoms with Crippen molar-refractivity contribution in [2.24, 2.45) is 5.92 Å². The van der Waals surface area contributed by atoms with Crippen LogP contribution in [0.4, 0.5) is 10.5 Å². The van der Waals surface area contributed by atoms with E-state index in [-0.39, 0.29) is 17.9 Å². The first-order valence-electron chi connectivity index (χ1n) is 11.2. The number of aryl methyl sites for hydroxylation is 3. The van der Waals surface area contributed by atoms with Crippen LogP contribution in [0.5, 0.6) is 0 Å². The quantitative estimate of drug-likeness (QED) is 0.622. The number of nitrogens with one attached hydrogen (secondary N) is 2. The van der Waals surface area contributed by atoms with Gasteiger partial charge in [-0.25, -0.2) is 4.79 Å². The van der Waals surface area contributed by atoms with Crippen LogP contribution in [0.1, 0.15) is 40.0 Å². The van der Waals surface area contributed by atoms with Crippen LogP contribution in [0.3, 0.4) is 0 Å². The zero-order valence-corrected chi connectivity index (χ0v) is 18.9. The maximum atomic E-state index is 13.4. The summed E-state index contributed by atoms with van der Waals surface area (Å²) >= 11 is 0. The van der Waals surface area contributed by atoms with Crippen molar-refractivity contribution in [2.75, 3.05) is 25.0 Å². The predicted octanol–water partition coefficient (Wildman–Crippen LogP) is 4.83. The number of hydrogen-bond donors (Lipinski definition) is 2. The molecule has 0 bridgehead atoms. The summed E-state index contributed by atoms with van der Waals surface area (Å²) in [5.74, 6) is 0.271. The number of fused-ring (bicyclic) bond motifs is 1. The number of carbonyl (C=O) groups is 2. The molecule has 4 rings (SSSR count). The summed E-state index contributed by atoms with van der Waals surface area (Å²) in [6.45, 7) is 7.87. The molecule has 2 aromatic carbocycles. The highest BCUT2D eigenvalue weighted by Gasteiger charge is 2.26. The maximum absolute atomic E-state index is 13.4. The number of piperidine rings is 1. The van der Waals surface area contributed by atoms with E-state index in [1.54, 1.807) is 0 Å². The Labute approximate surface area is 189 Å². The van der Waals surface area contributed by atoms with E-state index in [0.29, 0.717) is 18.7 Å². The summed E-state index contributed by atoms with van der Waals surface area (Å²) in [5, 5.41) is 6.73. The molecule has 0 radical (unpaired) electrons. The summed E-state index contributed by atoms with van der Waals surface area (Å²) in [4.78, 5) is 32.2. The van der Waals surface area contributed by atoms with Gasteiger partial charge in [-0.2, -0.15) is 0 Å². The molecule has 2 N–H and O–H groups in total. The Kier molecular flexibility index (Phi) is 6.40. The van der Waals surface area contributed by atoms with E-state index >= 15 is 0 Å². The number of pyridine rings is 1. The van der Waals surface area contributed by atoms with Crippen molar-refractivity contribution in [3.8, 4) is 0 Å². The number of carbonyl (C=O) groups excluding carboxylic acids is 2. The zero-order chi connectivity index (χ0) is 22.7. The van der Waals surface area contributed by atoms with Crippen LogP contribution in [0.2, 0.25) is 0 Å². The molecule has 32 heavy (non-hydrogen) atoms. The van der Waals surface area contributed by atoms with Crippen LogP contribution in [0, 0.1) is 26.7 Å². The Hall–Kier alpha value is -3.41. The van der Waals surface area contributed by atoms with Crippen LogP contribution >= 0.6 is 0 Å². The molecule has 1 aromatic heterocycles. The van der Waals surface area contributed by atoms with Crippen molar-refractivity contribution in [2.45, 2.75) is 33.6 Å². The van der Waals surface area contributed by atoms with E-state index in [9.17, 15) is 9.59 Å². The Bertz CT molecular complexity index is 1140. The molecule has 1 saturated heterocycles. The van der Waals surface area contributed by atoms with Crippen molar-refractivity contribution in [3.63, 3.8) is 0 Å². The van der Waals surface area contributed by atoms with Gasteiger partial charge in [0, 0.05) is 36.4 Å². The first kappa shape index (κ1) is 21.8. The van der Waals surface area contributed by atoms with Gasteiger partial charge in [-0.05, 0) is 69.9 Å². The lowest BCUT2D eigenvalue weighted by atomic mass is 9.96. The molecule has 1 atom stereocenters. The van der Waals surface area contributed by atoms with Gasteiger partial charge in [0.25, 0.3) is 5.91 Å². The average Bonchev–Trinajstić information content (AvgIpc) is 2.79. The first-order valence-corrected chi connectivity index (χ1v) is 11.2. The summed E-state index contributed by atoms with van der Waals surface area (Å²) < 4.78 is 0. The molecule has 1 fully saturated rings. The van der Waals surface area contributed by atoms with Crippen molar-refractivity contribution < 1.29 is 9.59 Å².